The lowest BCUT2D eigenvalue weighted by Crippen LogP contribution is -2.35. The summed E-state index contributed by atoms with van der Waals surface area (Å²) in [7, 11) is 0. The molecule has 5 heteroatoms. The fourth-order valence-electron chi connectivity index (χ4n) is 2.04. The van der Waals surface area contributed by atoms with Crippen molar-refractivity contribution in [3.63, 3.8) is 0 Å². The van der Waals surface area contributed by atoms with Crippen LogP contribution in [0, 0.1) is 6.92 Å². The Morgan fingerprint density at radius 2 is 1.73 bits per heavy atom. The standard InChI is InChI=1S/C17H19N3O2/c1-12-4-2-7-15(8-12)20-17(22)16(21)19-11-14-6-3-5-13(9-14)10-18/h2-9H,10-11,18H2,1H3,(H,19,21)(H,20,22). The number of carbonyl (C=O) groups is 2. The number of nitrogens with two attached hydrogens (primary N) is 1. The van der Waals surface area contributed by atoms with E-state index >= 15 is 0 Å². The van der Waals surface area contributed by atoms with Gasteiger partial charge in [-0.2, -0.15) is 0 Å². The second-order valence-electron chi connectivity index (χ2n) is 5.03. The number of benzene rings is 2. The summed E-state index contributed by atoms with van der Waals surface area (Å²) in [6.07, 6.45) is 0. The lowest BCUT2D eigenvalue weighted by Gasteiger charge is -2.08. The Morgan fingerprint density at radius 3 is 2.45 bits per heavy atom. The van der Waals surface area contributed by atoms with E-state index in [4.69, 9.17) is 5.73 Å². The molecular formula is C17H19N3O2. The zero-order valence-electron chi connectivity index (χ0n) is 12.4. The van der Waals surface area contributed by atoms with Crippen LogP contribution in [0.4, 0.5) is 5.69 Å². The highest BCUT2D eigenvalue weighted by molar-refractivity contribution is 6.39. The highest BCUT2D eigenvalue weighted by atomic mass is 16.2. The summed E-state index contributed by atoms with van der Waals surface area (Å²) in [5.74, 6) is -1.35. The summed E-state index contributed by atoms with van der Waals surface area (Å²) in [6.45, 7) is 2.64. The zero-order chi connectivity index (χ0) is 15.9. The number of aryl methyl sites for hydroxylation is 1. The Bertz CT molecular complexity index is 683. The Hall–Kier alpha value is -2.66. The predicted octanol–water partition coefficient (Wildman–Crippen LogP) is 1.71. The number of amides is 2. The van der Waals surface area contributed by atoms with Crippen LogP contribution < -0.4 is 16.4 Å². The largest absolute Gasteiger partial charge is 0.344 e. The second kappa shape index (κ2) is 7.38. The summed E-state index contributed by atoms with van der Waals surface area (Å²) < 4.78 is 0. The van der Waals surface area contributed by atoms with Crippen molar-refractivity contribution in [2.75, 3.05) is 5.32 Å². The first-order chi connectivity index (χ1) is 10.6. The molecule has 5 nitrogen and oxygen atoms in total. The van der Waals surface area contributed by atoms with Crippen molar-refractivity contribution in [2.45, 2.75) is 20.0 Å². The zero-order valence-corrected chi connectivity index (χ0v) is 12.4. The Labute approximate surface area is 129 Å². The molecule has 4 N–H and O–H groups in total. The van der Waals surface area contributed by atoms with Crippen LogP contribution in [-0.4, -0.2) is 11.8 Å². The number of nitrogens with one attached hydrogen (secondary N) is 2. The van der Waals surface area contributed by atoms with Gasteiger partial charge in [0.2, 0.25) is 0 Å². The third-order valence-corrected chi connectivity index (χ3v) is 3.16. The van der Waals surface area contributed by atoms with E-state index in [2.05, 4.69) is 10.6 Å². The molecule has 0 unspecified atom stereocenters. The van der Waals surface area contributed by atoms with Gasteiger partial charge in [-0.1, -0.05) is 36.4 Å². The van der Waals surface area contributed by atoms with E-state index in [0.717, 1.165) is 16.7 Å². The molecule has 22 heavy (non-hydrogen) atoms. The van der Waals surface area contributed by atoms with Gasteiger partial charge in [0.1, 0.15) is 0 Å². The fourth-order valence-corrected chi connectivity index (χ4v) is 2.04. The minimum atomic E-state index is -0.680. The molecule has 0 fully saturated rings. The summed E-state index contributed by atoms with van der Waals surface area (Å²) >= 11 is 0. The maximum atomic E-state index is 11.8. The topological polar surface area (TPSA) is 84.2 Å². The van der Waals surface area contributed by atoms with E-state index in [1.165, 1.54) is 0 Å². The first kappa shape index (κ1) is 15.7. The molecule has 2 aromatic rings. The van der Waals surface area contributed by atoms with Crippen LogP contribution in [0.2, 0.25) is 0 Å². The summed E-state index contributed by atoms with van der Waals surface area (Å²) in [5.41, 5.74) is 9.07. The van der Waals surface area contributed by atoms with Gasteiger partial charge in [0.05, 0.1) is 0 Å². The van der Waals surface area contributed by atoms with Gasteiger partial charge >= 0.3 is 11.8 Å². The normalized spacial score (nSPS) is 10.1. The van der Waals surface area contributed by atoms with Crippen molar-refractivity contribution >= 4 is 17.5 Å². The fraction of sp³-hybridized carbons (Fsp3) is 0.176. The molecule has 0 aliphatic rings. The maximum absolute atomic E-state index is 11.8. The van der Waals surface area contributed by atoms with Crippen LogP contribution in [0.1, 0.15) is 16.7 Å². The van der Waals surface area contributed by atoms with Crippen LogP contribution in [-0.2, 0) is 22.7 Å². The molecule has 0 heterocycles. The monoisotopic (exact) mass is 297 g/mol. The van der Waals surface area contributed by atoms with Crippen LogP contribution in [0.25, 0.3) is 0 Å². The highest BCUT2D eigenvalue weighted by Gasteiger charge is 2.13. The minimum Gasteiger partial charge on any atom is -0.344 e. The summed E-state index contributed by atoms with van der Waals surface area (Å²) in [4.78, 5) is 23.6. The van der Waals surface area contributed by atoms with E-state index in [1.54, 1.807) is 12.1 Å². The van der Waals surface area contributed by atoms with E-state index in [1.807, 2.05) is 43.3 Å². The number of hydrogen-bond acceptors (Lipinski definition) is 3. The van der Waals surface area contributed by atoms with Gasteiger partial charge in [0.25, 0.3) is 0 Å². The second-order valence-corrected chi connectivity index (χ2v) is 5.03. The van der Waals surface area contributed by atoms with Gasteiger partial charge < -0.3 is 16.4 Å². The molecule has 0 spiro atoms. The van der Waals surface area contributed by atoms with E-state index in [-0.39, 0.29) is 6.54 Å². The Balaban J connectivity index is 1.90. The number of anilines is 1. The average Bonchev–Trinajstić information content (AvgIpc) is 2.52. The molecule has 0 radical (unpaired) electrons. The Kier molecular flexibility index (Phi) is 5.27. The van der Waals surface area contributed by atoms with E-state index < -0.39 is 11.8 Å². The quantitative estimate of drug-likeness (QED) is 0.751. The van der Waals surface area contributed by atoms with Crippen molar-refractivity contribution in [1.29, 1.82) is 0 Å². The molecule has 0 atom stereocenters. The van der Waals surface area contributed by atoms with Gasteiger partial charge in [0.15, 0.2) is 0 Å². The Morgan fingerprint density at radius 1 is 1.00 bits per heavy atom. The lowest BCUT2D eigenvalue weighted by atomic mass is 10.1. The average molecular weight is 297 g/mol. The van der Waals surface area contributed by atoms with Crippen molar-refractivity contribution < 1.29 is 9.59 Å². The first-order valence-electron chi connectivity index (χ1n) is 7.02. The molecule has 0 saturated carbocycles. The van der Waals surface area contributed by atoms with Crippen LogP contribution in [0.5, 0.6) is 0 Å². The van der Waals surface area contributed by atoms with Crippen molar-refractivity contribution in [3.8, 4) is 0 Å². The molecule has 0 aliphatic heterocycles. The molecule has 2 rings (SSSR count). The molecule has 0 bridgehead atoms. The number of carbonyl (C=O) groups excluding carboxylic acids is 2. The van der Waals surface area contributed by atoms with Crippen LogP contribution in [0.15, 0.2) is 48.5 Å². The van der Waals surface area contributed by atoms with Crippen LogP contribution in [0.3, 0.4) is 0 Å². The molecule has 2 aromatic carbocycles. The molecule has 0 saturated heterocycles. The van der Waals surface area contributed by atoms with Gasteiger partial charge in [-0.15, -0.1) is 0 Å². The summed E-state index contributed by atoms with van der Waals surface area (Å²) in [6, 6.07) is 14.8. The highest BCUT2D eigenvalue weighted by Crippen LogP contribution is 2.09. The van der Waals surface area contributed by atoms with Crippen LogP contribution >= 0.6 is 0 Å². The third-order valence-electron chi connectivity index (χ3n) is 3.16. The first-order valence-corrected chi connectivity index (χ1v) is 7.02. The van der Waals surface area contributed by atoms with Gasteiger partial charge in [-0.05, 0) is 35.7 Å². The van der Waals surface area contributed by atoms with Crippen molar-refractivity contribution in [1.82, 2.24) is 5.32 Å². The SMILES string of the molecule is Cc1cccc(NC(=O)C(=O)NCc2cccc(CN)c2)c1. The number of hydrogen-bond donors (Lipinski definition) is 3. The van der Waals surface area contributed by atoms with Gasteiger partial charge in [-0.25, -0.2) is 0 Å². The van der Waals surface area contributed by atoms with Gasteiger partial charge in [-0.3, -0.25) is 9.59 Å². The van der Waals surface area contributed by atoms with Gasteiger partial charge in [0, 0.05) is 18.8 Å². The molecule has 2 amide bonds. The predicted molar refractivity (Wildman–Crippen MR) is 86.0 cm³/mol. The van der Waals surface area contributed by atoms with Crippen molar-refractivity contribution in [3.05, 3.63) is 65.2 Å². The lowest BCUT2D eigenvalue weighted by molar-refractivity contribution is -0.136. The van der Waals surface area contributed by atoms with E-state index in [9.17, 15) is 9.59 Å². The van der Waals surface area contributed by atoms with E-state index in [0.29, 0.717) is 12.2 Å². The molecule has 0 aliphatic carbocycles. The van der Waals surface area contributed by atoms with Crippen molar-refractivity contribution in [2.24, 2.45) is 5.73 Å². The maximum Gasteiger partial charge on any atom is 0.313 e. The minimum absolute atomic E-state index is 0.286. The summed E-state index contributed by atoms with van der Waals surface area (Å²) in [5, 5.41) is 5.16. The molecule has 0 aromatic heterocycles. The molecular weight excluding hydrogens is 278 g/mol. The third kappa shape index (κ3) is 4.43. The number of rotatable bonds is 4. The smallest absolute Gasteiger partial charge is 0.313 e. The molecule has 114 valence electrons.